The first-order valence-electron chi connectivity index (χ1n) is 10.9. The van der Waals surface area contributed by atoms with E-state index in [4.69, 9.17) is 4.74 Å². The molecule has 1 unspecified atom stereocenters. The molecule has 164 valence electrons. The average Bonchev–Trinajstić information content (AvgIpc) is 3.23. The number of pyridine rings is 1. The van der Waals surface area contributed by atoms with Gasteiger partial charge in [0.1, 0.15) is 0 Å². The van der Waals surface area contributed by atoms with Crippen LogP contribution in [0.15, 0.2) is 48.7 Å². The number of urea groups is 1. The van der Waals surface area contributed by atoms with Crippen LogP contribution in [0.1, 0.15) is 42.8 Å². The smallest absolute Gasteiger partial charge is 0.315 e. The highest BCUT2D eigenvalue weighted by Gasteiger charge is 2.19. The zero-order valence-electron chi connectivity index (χ0n) is 18.0. The number of hydrogen-bond acceptors (Lipinski definition) is 5. The van der Waals surface area contributed by atoms with Gasteiger partial charge in [0.2, 0.25) is 0 Å². The molecule has 1 atom stereocenters. The van der Waals surface area contributed by atoms with Crippen LogP contribution in [0, 0.1) is 0 Å². The lowest BCUT2D eigenvalue weighted by atomic mass is 10.1. The van der Waals surface area contributed by atoms with E-state index in [1.165, 1.54) is 5.56 Å². The summed E-state index contributed by atoms with van der Waals surface area (Å²) in [4.78, 5) is 15.0. The Morgan fingerprint density at radius 3 is 2.81 bits per heavy atom. The van der Waals surface area contributed by atoms with Crippen molar-refractivity contribution in [1.29, 1.82) is 0 Å². The normalized spacial score (nSPS) is 15.6. The lowest BCUT2D eigenvalue weighted by Gasteiger charge is -2.26. The zero-order valence-corrected chi connectivity index (χ0v) is 18.0. The van der Waals surface area contributed by atoms with Gasteiger partial charge in [-0.15, -0.1) is 10.2 Å². The topological polar surface area (TPSA) is 83.8 Å². The van der Waals surface area contributed by atoms with Crippen molar-refractivity contribution in [3.8, 4) is 0 Å². The van der Waals surface area contributed by atoms with Crippen molar-refractivity contribution in [3.05, 3.63) is 65.6 Å². The van der Waals surface area contributed by atoms with Gasteiger partial charge in [-0.05, 0) is 29.7 Å². The van der Waals surface area contributed by atoms with Crippen molar-refractivity contribution >= 4 is 11.7 Å². The van der Waals surface area contributed by atoms with Crippen molar-refractivity contribution < 1.29 is 9.53 Å². The zero-order chi connectivity index (χ0) is 21.5. The van der Waals surface area contributed by atoms with Crippen molar-refractivity contribution in [1.82, 2.24) is 30.1 Å². The Kier molecular flexibility index (Phi) is 7.11. The molecular weight excluding hydrogens is 392 g/mol. The minimum absolute atomic E-state index is 0.199. The third kappa shape index (κ3) is 5.59. The Morgan fingerprint density at radius 1 is 1.13 bits per heavy atom. The molecule has 2 N–H and O–H groups in total. The second kappa shape index (κ2) is 10.4. The molecule has 0 radical (unpaired) electrons. The number of benzene rings is 1. The standard InChI is InChI=1S/C23H30N6O2/c1-2-6-20(22-27-26-21-9-3-4-10-29(21)22)25-23(30)24-16-18-7-5-8-19(15-18)17-28-11-13-31-14-12-28/h3-5,7-10,15,20H,2,6,11-14,16-17H2,1H3,(H2,24,25,30). The van der Waals surface area contributed by atoms with Crippen molar-refractivity contribution in [2.45, 2.75) is 38.9 Å². The monoisotopic (exact) mass is 422 g/mol. The van der Waals surface area contributed by atoms with E-state index >= 15 is 0 Å². The number of carbonyl (C=O) groups is 1. The summed E-state index contributed by atoms with van der Waals surface area (Å²) >= 11 is 0. The Morgan fingerprint density at radius 2 is 1.97 bits per heavy atom. The molecule has 2 amide bonds. The fourth-order valence-electron chi connectivity index (χ4n) is 3.90. The Bertz CT molecular complexity index is 998. The number of hydrogen-bond donors (Lipinski definition) is 2. The van der Waals surface area contributed by atoms with Gasteiger partial charge in [0, 0.05) is 32.4 Å². The summed E-state index contributed by atoms with van der Waals surface area (Å²) in [7, 11) is 0. The van der Waals surface area contributed by atoms with Crippen LogP contribution in [0.4, 0.5) is 4.79 Å². The van der Waals surface area contributed by atoms with E-state index in [0.717, 1.165) is 62.7 Å². The lowest BCUT2D eigenvalue weighted by molar-refractivity contribution is 0.0342. The number of aromatic nitrogens is 3. The summed E-state index contributed by atoms with van der Waals surface area (Å²) in [5.74, 6) is 0.750. The number of fused-ring (bicyclic) bond motifs is 1. The van der Waals surface area contributed by atoms with E-state index in [0.29, 0.717) is 6.54 Å². The number of carbonyl (C=O) groups excluding carboxylic acids is 1. The quantitative estimate of drug-likeness (QED) is 0.583. The molecule has 1 aliphatic heterocycles. The molecule has 8 nitrogen and oxygen atoms in total. The fourth-order valence-corrected chi connectivity index (χ4v) is 3.90. The van der Waals surface area contributed by atoms with Gasteiger partial charge in [-0.25, -0.2) is 4.79 Å². The molecule has 2 aromatic heterocycles. The summed E-state index contributed by atoms with van der Waals surface area (Å²) in [6, 6.07) is 13.7. The number of amides is 2. The molecule has 0 aliphatic carbocycles. The molecule has 0 saturated carbocycles. The molecule has 1 saturated heterocycles. The fraction of sp³-hybridized carbons (Fsp3) is 0.435. The molecule has 1 aromatic carbocycles. The minimum atomic E-state index is -0.204. The molecule has 3 heterocycles. The molecule has 31 heavy (non-hydrogen) atoms. The maximum atomic E-state index is 12.6. The molecule has 8 heteroatoms. The lowest BCUT2D eigenvalue weighted by Crippen LogP contribution is -2.38. The highest BCUT2D eigenvalue weighted by Crippen LogP contribution is 2.17. The van der Waals surface area contributed by atoms with E-state index < -0.39 is 0 Å². The predicted octanol–water partition coefficient (Wildman–Crippen LogP) is 2.90. The van der Waals surface area contributed by atoms with Gasteiger partial charge in [-0.1, -0.05) is 43.7 Å². The van der Waals surface area contributed by atoms with Crippen LogP contribution in [-0.4, -0.2) is 51.8 Å². The molecule has 0 spiro atoms. The maximum absolute atomic E-state index is 12.6. The van der Waals surface area contributed by atoms with Crippen LogP contribution in [0.3, 0.4) is 0 Å². The summed E-state index contributed by atoms with van der Waals surface area (Å²) in [5, 5.41) is 14.6. The van der Waals surface area contributed by atoms with Gasteiger partial charge in [0.15, 0.2) is 11.5 Å². The van der Waals surface area contributed by atoms with Gasteiger partial charge >= 0.3 is 6.03 Å². The van der Waals surface area contributed by atoms with Crippen LogP contribution < -0.4 is 10.6 Å². The van der Waals surface area contributed by atoms with Gasteiger partial charge < -0.3 is 15.4 Å². The second-order valence-corrected chi connectivity index (χ2v) is 7.86. The van der Waals surface area contributed by atoms with Crippen LogP contribution in [-0.2, 0) is 17.8 Å². The van der Waals surface area contributed by atoms with E-state index in [-0.39, 0.29) is 12.1 Å². The van der Waals surface area contributed by atoms with Crippen LogP contribution >= 0.6 is 0 Å². The average molecular weight is 423 g/mol. The van der Waals surface area contributed by atoms with Crippen LogP contribution in [0.25, 0.3) is 5.65 Å². The molecule has 0 bridgehead atoms. The van der Waals surface area contributed by atoms with Crippen LogP contribution in [0.2, 0.25) is 0 Å². The largest absolute Gasteiger partial charge is 0.379 e. The first kappa shape index (κ1) is 21.3. The highest BCUT2D eigenvalue weighted by atomic mass is 16.5. The Hall–Kier alpha value is -2.97. The predicted molar refractivity (Wildman–Crippen MR) is 119 cm³/mol. The number of nitrogens with one attached hydrogen (secondary N) is 2. The minimum Gasteiger partial charge on any atom is -0.379 e. The van der Waals surface area contributed by atoms with E-state index in [1.807, 2.05) is 40.9 Å². The molecule has 4 rings (SSSR count). The third-order valence-corrected chi connectivity index (χ3v) is 5.49. The van der Waals surface area contributed by atoms with Gasteiger partial charge in [0.05, 0.1) is 19.3 Å². The number of ether oxygens (including phenoxy) is 1. The first-order chi connectivity index (χ1) is 15.2. The summed E-state index contributed by atoms with van der Waals surface area (Å²) in [5.41, 5.74) is 3.11. The van der Waals surface area contributed by atoms with E-state index in [9.17, 15) is 4.79 Å². The molecule has 1 aliphatic rings. The van der Waals surface area contributed by atoms with E-state index in [2.05, 4.69) is 44.8 Å². The number of morpholine rings is 1. The summed E-state index contributed by atoms with van der Waals surface area (Å²) in [6.45, 7) is 6.98. The van der Waals surface area contributed by atoms with Crippen molar-refractivity contribution in [2.24, 2.45) is 0 Å². The SMILES string of the molecule is CCCC(NC(=O)NCc1cccc(CN2CCOCC2)c1)c1nnc2ccccn12. The van der Waals surface area contributed by atoms with Gasteiger partial charge in [-0.3, -0.25) is 9.30 Å². The molecule has 1 fully saturated rings. The number of nitrogens with zero attached hydrogens (tertiary/aromatic N) is 4. The third-order valence-electron chi connectivity index (χ3n) is 5.49. The van der Waals surface area contributed by atoms with Gasteiger partial charge in [0.25, 0.3) is 0 Å². The summed E-state index contributed by atoms with van der Waals surface area (Å²) in [6.07, 6.45) is 3.64. The van der Waals surface area contributed by atoms with Crippen LogP contribution in [0.5, 0.6) is 0 Å². The summed E-state index contributed by atoms with van der Waals surface area (Å²) < 4.78 is 7.35. The Balaban J connectivity index is 1.35. The van der Waals surface area contributed by atoms with Gasteiger partial charge in [-0.2, -0.15) is 0 Å². The van der Waals surface area contributed by atoms with Crippen molar-refractivity contribution in [3.63, 3.8) is 0 Å². The van der Waals surface area contributed by atoms with E-state index in [1.54, 1.807) is 0 Å². The Labute approximate surface area is 182 Å². The number of rotatable bonds is 8. The first-order valence-corrected chi connectivity index (χ1v) is 10.9. The second-order valence-electron chi connectivity index (χ2n) is 7.86. The molecule has 3 aromatic rings. The maximum Gasteiger partial charge on any atom is 0.315 e. The highest BCUT2D eigenvalue weighted by molar-refractivity contribution is 5.74. The molecular formula is C23H30N6O2. The van der Waals surface area contributed by atoms with Crippen molar-refractivity contribution in [2.75, 3.05) is 26.3 Å².